The van der Waals surface area contributed by atoms with Crippen LogP contribution in [-0.2, 0) is 25.7 Å². The third-order valence-electron chi connectivity index (χ3n) is 7.84. The number of nitrogens with zero attached hydrogens (tertiary/aromatic N) is 1. The molecule has 0 N–H and O–H groups in total. The lowest BCUT2D eigenvalue weighted by molar-refractivity contribution is 0.869. The molecule has 1 heteroatoms. The zero-order valence-corrected chi connectivity index (χ0v) is 19.3. The zero-order valence-electron chi connectivity index (χ0n) is 19.3. The highest BCUT2D eigenvalue weighted by molar-refractivity contribution is 6.11. The van der Waals surface area contributed by atoms with Gasteiger partial charge in [-0.15, -0.1) is 0 Å². The number of benzene rings is 4. The summed E-state index contributed by atoms with van der Waals surface area (Å²) < 4.78 is 0. The van der Waals surface area contributed by atoms with Gasteiger partial charge in [0, 0.05) is 17.1 Å². The van der Waals surface area contributed by atoms with Crippen molar-refractivity contribution in [2.75, 3.05) is 0 Å². The monoisotopic (exact) mass is 425 g/mol. The minimum Gasteiger partial charge on any atom is -0.256 e. The first-order valence-corrected chi connectivity index (χ1v) is 12.3. The maximum atomic E-state index is 4.91. The Morgan fingerprint density at radius 3 is 2.03 bits per heavy atom. The largest absolute Gasteiger partial charge is 0.256 e. The number of fused-ring (bicyclic) bond motifs is 3. The summed E-state index contributed by atoms with van der Waals surface area (Å²) in [6.45, 7) is 4.52. The Balaban J connectivity index is 1.44. The molecule has 33 heavy (non-hydrogen) atoms. The van der Waals surface area contributed by atoms with Crippen LogP contribution in [0.4, 0.5) is 0 Å². The molecule has 0 amide bonds. The molecule has 7 rings (SSSR count). The van der Waals surface area contributed by atoms with Crippen LogP contribution in [0.5, 0.6) is 0 Å². The molecule has 0 atom stereocenters. The van der Waals surface area contributed by atoms with E-state index in [-0.39, 0.29) is 0 Å². The number of rotatable bonds is 2. The lowest BCUT2D eigenvalue weighted by atomic mass is 9.74. The molecule has 0 aliphatic heterocycles. The van der Waals surface area contributed by atoms with E-state index in [4.69, 9.17) is 4.98 Å². The molecule has 2 aliphatic carbocycles. The molecule has 2 aliphatic rings. The van der Waals surface area contributed by atoms with Crippen LogP contribution in [0.2, 0.25) is 0 Å². The number of aryl methyl sites for hydroxylation is 4. The fraction of sp³-hybridized carbons (Fsp3) is 0.219. The quantitative estimate of drug-likeness (QED) is 0.261. The standard InChI is InChI=1S/C32H27N/c1-19(2)22-10-12-27-23(16-22)11-13-29-28(27)14-15-33-32(29)26-17-24-8-6-20-4-3-5-21-7-9-25(18-26)31(24)30(20)21/h3-5,10-19H,6-9H2,1-2H3. The van der Waals surface area contributed by atoms with Crippen molar-refractivity contribution in [2.24, 2.45) is 0 Å². The van der Waals surface area contributed by atoms with Crippen molar-refractivity contribution in [3.8, 4) is 22.4 Å². The molecule has 1 heterocycles. The summed E-state index contributed by atoms with van der Waals surface area (Å²) in [5, 5.41) is 5.18. The van der Waals surface area contributed by atoms with E-state index in [0.29, 0.717) is 5.92 Å². The highest BCUT2D eigenvalue weighted by Gasteiger charge is 2.26. The molecule has 5 aromatic rings. The summed E-state index contributed by atoms with van der Waals surface area (Å²) in [6, 6.07) is 25.4. The summed E-state index contributed by atoms with van der Waals surface area (Å²) >= 11 is 0. The van der Waals surface area contributed by atoms with Crippen molar-refractivity contribution in [3.05, 3.63) is 101 Å². The van der Waals surface area contributed by atoms with Gasteiger partial charge >= 0.3 is 0 Å². The van der Waals surface area contributed by atoms with E-state index in [1.165, 1.54) is 66.1 Å². The van der Waals surface area contributed by atoms with Crippen molar-refractivity contribution in [1.29, 1.82) is 0 Å². The Kier molecular flexibility index (Phi) is 4.06. The fourth-order valence-corrected chi connectivity index (χ4v) is 6.15. The summed E-state index contributed by atoms with van der Waals surface area (Å²) in [6.07, 6.45) is 6.53. The molecule has 1 nitrogen and oxygen atoms in total. The van der Waals surface area contributed by atoms with Gasteiger partial charge in [-0.2, -0.15) is 0 Å². The molecule has 0 unspecified atom stereocenters. The average Bonchev–Trinajstić information content (AvgIpc) is 2.86. The smallest absolute Gasteiger partial charge is 0.0780 e. The van der Waals surface area contributed by atoms with E-state index in [1.807, 2.05) is 6.20 Å². The molecule has 0 saturated carbocycles. The Bertz CT molecular complexity index is 1540. The first kappa shape index (κ1) is 19.1. The summed E-state index contributed by atoms with van der Waals surface area (Å²) in [5.41, 5.74) is 12.9. The highest BCUT2D eigenvalue weighted by Crippen LogP contribution is 2.44. The second-order valence-electron chi connectivity index (χ2n) is 10.1. The fourth-order valence-electron chi connectivity index (χ4n) is 6.15. The Morgan fingerprint density at radius 1 is 0.636 bits per heavy atom. The van der Waals surface area contributed by atoms with E-state index < -0.39 is 0 Å². The number of aromatic nitrogens is 1. The van der Waals surface area contributed by atoms with E-state index in [2.05, 4.69) is 80.6 Å². The maximum Gasteiger partial charge on any atom is 0.0780 e. The van der Waals surface area contributed by atoms with Gasteiger partial charge in [0.2, 0.25) is 0 Å². The third-order valence-corrected chi connectivity index (χ3v) is 7.84. The van der Waals surface area contributed by atoms with Gasteiger partial charge < -0.3 is 0 Å². The number of hydrogen-bond acceptors (Lipinski definition) is 1. The molecular formula is C32H27N. The van der Waals surface area contributed by atoms with Gasteiger partial charge in [0.25, 0.3) is 0 Å². The maximum absolute atomic E-state index is 4.91. The predicted molar refractivity (Wildman–Crippen MR) is 139 cm³/mol. The van der Waals surface area contributed by atoms with E-state index in [0.717, 1.165) is 31.4 Å². The number of pyridine rings is 1. The van der Waals surface area contributed by atoms with Gasteiger partial charge in [0.1, 0.15) is 0 Å². The molecular weight excluding hydrogens is 398 g/mol. The molecule has 0 fully saturated rings. The zero-order chi connectivity index (χ0) is 22.1. The summed E-state index contributed by atoms with van der Waals surface area (Å²) in [4.78, 5) is 4.91. The van der Waals surface area contributed by atoms with Crippen molar-refractivity contribution in [3.63, 3.8) is 0 Å². The average molecular weight is 426 g/mol. The molecule has 0 radical (unpaired) electrons. The van der Waals surface area contributed by atoms with Crippen LogP contribution in [0.1, 0.15) is 47.6 Å². The van der Waals surface area contributed by atoms with Crippen LogP contribution in [-0.4, -0.2) is 4.98 Å². The van der Waals surface area contributed by atoms with Crippen molar-refractivity contribution < 1.29 is 0 Å². The van der Waals surface area contributed by atoms with Crippen LogP contribution in [0.25, 0.3) is 43.9 Å². The molecule has 0 spiro atoms. The van der Waals surface area contributed by atoms with Crippen LogP contribution < -0.4 is 0 Å². The van der Waals surface area contributed by atoms with Gasteiger partial charge in [0.15, 0.2) is 0 Å². The minimum absolute atomic E-state index is 0.538. The van der Waals surface area contributed by atoms with Crippen molar-refractivity contribution in [1.82, 2.24) is 4.98 Å². The topological polar surface area (TPSA) is 12.9 Å². The second kappa shape index (κ2) is 7.02. The Morgan fingerprint density at radius 2 is 1.30 bits per heavy atom. The molecule has 0 saturated heterocycles. The Hall–Kier alpha value is -3.45. The van der Waals surface area contributed by atoms with E-state index in [1.54, 1.807) is 0 Å². The van der Waals surface area contributed by atoms with Gasteiger partial charge in [0.05, 0.1) is 5.69 Å². The van der Waals surface area contributed by atoms with Crippen LogP contribution in [0, 0.1) is 0 Å². The van der Waals surface area contributed by atoms with E-state index >= 15 is 0 Å². The normalized spacial score (nSPS) is 14.2. The van der Waals surface area contributed by atoms with Crippen LogP contribution in [0.3, 0.4) is 0 Å². The van der Waals surface area contributed by atoms with E-state index in [9.17, 15) is 0 Å². The van der Waals surface area contributed by atoms with Crippen LogP contribution in [0.15, 0.2) is 72.9 Å². The SMILES string of the molecule is CC(C)c1ccc2c(ccc3c(-c4cc5c6c(c4)CCc4cccc(c4-6)CC5)nccc32)c1. The van der Waals surface area contributed by atoms with Crippen molar-refractivity contribution in [2.45, 2.75) is 45.4 Å². The van der Waals surface area contributed by atoms with Gasteiger partial charge in [-0.3, -0.25) is 4.98 Å². The predicted octanol–water partition coefficient (Wildman–Crippen LogP) is 8.04. The molecule has 0 bridgehead atoms. The minimum atomic E-state index is 0.538. The second-order valence-corrected chi connectivity index (χ2v) is 10.1. The lowest BCUT2D eigenvalue weighted by Gasteiger charge is -2.30. The third kappa shape index (κ3) is 2.82. The molecule has 160 valence electrons. The lowest BCUT2D eigenvalue weighted by Crippen LogP contribution is -2.14. The Labute approximate surface area is 195 Å². The first-order valence-electron chi connectivity index (χ1n) is 12.3. The van der Waals surface area contributed by atoms with Gasteiger partial charge in [-0.25, -0.2) is 0 Å². The molecule has 4 aromatic carbocycles. The van der Waals surface area contributed by atoms with Gasteiger partial charge in [-0.1, -0.05) is 62.4 Å². The summed E-state index contributed by atoms with van der Waals surface area (Å²) in [7, 11) is 0. The van der Waals surface area contributed by atoms with Crippen LogP contribution >= 0.6 is 0 Å². The first-order chi connectivity index (χ1) is 16.2. The number of hydrogen-bond donors (Lipinski definition) is 0. The van der Waals surface area contributed by atoms with Crippen molar-refractivity contribution >= 4 is 21.5 Å². The van der Waals surface area contributed by atoms with Gasteiger partial charge in [-0.05, 0) is 105 Å². The summed E-state index contributed by atoms with van der Waals surface area (Å²) in [5.74, 6) is 0.538. The highest BCUT2D eigenvalue weighted by atomic mass is 14.7. The molecule has 1 aromatic heterocycles.